The van der Waals surface area contributed by atoms with Crippen LogP contribution in [0.15, 0.2) is 35.0 Å². The SMILES string of the molecule is C/C=C/c1ccc2occc2c1O. The van der Waals surface area contributed by atoms with Crippen LogP contribution >= 0.6 is 0 Å². The first kappa shape index (κ1) is 7.92. The van der Waals surface area contributed by atoms with E-state index >= 15 is 0 Å². The Kier molecular flexibility index (Phi) is 1.81. The number of rotatable bonds is 1. The highest BCUT2D eigenvalue weighted by molar-refractivity contribution is 5.87. The molecule has 0 amide bonds. The summed E-state index contributed by atoms with van der Waals surface area (Å²) < 4.78 is 5.15. The van der Waals surface area contributed by atoms with E-state index in [1.54, 1.807) is 12.3 Å². The van der Waals surface area contributed by atoms with Gasteiger partial charge in [0.1, 0.15) is 11.3 Å². The molecular formula is C11H10O2. The number of allylic oxidation sites excluding steroid dienone is 1. The summed E-state index contributed by atoms with van der Waals surface area (Å²) in [5.74, 6) is 0.282. The molecule has 13 heavy (non-hydrogen) atoms. The lowest BCUT2D eigenvalue weighted by Gasteiger charge is -1.98. The highest BCUT2D eigenvalue weighted by Gasteiger charge is 2.05. The van der Waals surface area contributed by atoms with Gasteiger partial charge in [-0.2, -0.15) is 0 Å². The fourth-order valence-electron chi connectivity index (χ4n) is 1.36. The number of furan rings is 1. The molecule has 2 heteroatoms. The number of aromatic hydroxyl groups is 1. The van der Waals surface area contributed by atoms with Crippen LogP contribution in [0, 0.1) is 0 Å². The summed E-state index contributed by atoms with van der Waals surface area (Å²) in [6, 6.07) is 5.45. The molecule has 0 radical (unpaired) electrons. The van der Waals surface area contributed by atoms with E-state index in [0.717, 1.165) is 10.9 Å². The second-order valence-electron chi connectivity index (χ2n) is 2.84. The number of benzene rings is 1. The van der Waals surface area contributed by atoms with Crippen LogP contribution in [0.3, 0.4) is 0 Å². The third-order valence-electron chi connectivity index (χ3n) is 1.98. The van der Waals surface area contributed by atoms with Crippen LogP contribution in [-0.4, -0.2) is 5.11 Å². The van der Waals surface area contributed by atoms with Crippen molar-refractivity contribution in [3.63, 3.8) is 0 Å². The van der Waals surface area contributed by atoms with Crippen molar-refractivity contribution in [2.24, 2.45) is 0 Å². The van der Waals surface area contributed by atoms with Gasteiger partial charge in [-0.05, 0) is 25.1 Å². The molecule has 0 spiro atoms. The minimum atomic E-state index is 0.282. The van der Waals surface area contributed by atoms with Crippen molar-refractivity contribution in [3.05, 3.63) is 36.1 Å². The van der Waals surface area contributed by atoms with Gasteiger partial charge >= 0.3 is 0 Å². The fourth-order valence-corrected chi connectivity index (χ4v) is 1.36. The van der Waals surface area contributed by atoms with Crippen LogP contribution in [0.1, 0.15) is 12.5 Å². The normalized spacial score (nSPS) is 11.5. The zero-order valence-electron chi connectivity index (χ0n) is 7.32. The molecule has 0 aliphatic carbocycles. The van der Waals surface area contributed by atoms with Gasteiger partial charge in [0.05, 0.1) is 11.6 Å². The summed E-state index contributed by atoms with van der Waals surface area (Å²) in [5, 5.41) is 10.5. The van der Waals surface area contributed by atoms with Crippen molar-refractivity contribution in [1.82, 2.24) is 0 Å². The quantitative estimate of drug-likeness (QED) is 0.720. The van der Waals surface area contributed by atoms with E-state index in [4.69, 9.17) is 4.42 Å². The lowest BCUT2D eigenvalue weighted by Crippen LogP contribution is -1.74. The van der Waals surface area contributed by atoms with Gasteiger partial charge in [-0.3, -0.25) is 0 Å². The van der Waals surface area contributed by atoms with Crippen LogP contribution < -0.4 is 0 Å². The highest BCUT2D eigenvalue weighted by Crippen LogP contribution is 2.30. The number of hydrogen-bond donors (Lipinski definition) is 1. The second-order valence-corrected chi connectivity index (χ2v) is 2.84. The van der Waals surface area contributed by atoms with Gasteiger partial charge in [-0.25, -0.2) is 0 Å². The van der Waals surface area contributed by atoms with Crippen molar-refractivity contribution in [1.29, 1.82) is 0 Å². The van der Waals surface area contributed by atoms with Crippen LogP contribution in [0.4, 0.5) is 0 Å². The van der Waals surface area contributed by atoms with Crippen molar-refractivity contribution in [2.75, 3.05) is 0 Å². The molecule has 0 atom stereocenters. The van der Waals surface area contributed by atoms with Crippen LogP contribution in [0.5, 0.6) is 5.75 Å². The first-order chi connectivity index (χ1) is 6.33. The topological polar surface area (TPSA) is 33.4 Å². The molecule has 2 nitrogen and oxygen atoms in total. The first-order valence-electron chi connectivity index (χ1n) is 4.15. The minimum Gasteiger partial charge on any atom is -0.507 e. The third-order valence-corrected chi connectivity index (χ3v) is 1.98. The Labute approximate surface area is 76.1 Å². The number of phenols is 1. The predicted molar refractivity (Wildman–Crippen MR) is 52.6 cm³/mol. The second kappa shape index (κ2) is 2.98. The van der Waals surface area contributed by atoms with Gasteiger partial charge in [0.2, 0.25) is 0 Å². The largest absolute Gasteiger partial charge is 0.507 e. The standard InChI is InChI=1S/C11H10O2/c1-2-3-8-4-5-10-9(11(8)12)6-7-13-10/h2-7,12H,1H3/b3-2+. The summed E-state index contributed by atoms with van der Waals surface area (Å²) in [4.78, 5) is 0. The van der Waals surface area contributed by atoms with Crippen molar-refractivity contribution in [2.45, 2.75) is 6.92 Å². The highest BCUT2D eigenvalue weighted by atomic mass is 16.3. The fraction of sp³-hybridized carbons (Fsp3) is 0.0909. The van der Waals surface area contributed by atoms with E-state index in [2.05, 4.69) is 0 Å². The van der Waals surface area contributed by atoms with Crippen LogP contribution in [0.2, 0.25) is 0 Å². The Hall–Kier alpha value is -1.70. The monoisotopic (exact) mass is 174 g/mol. The Morgan fingerprint density at radius 1 is 1.31 bits per heavy atom. The van der Waals surface area contributed by atoms with E-state index < -0.39 is 0 Å². The molecule has 0 saturated heterocycles. The molecule has 2 rings (SSSR count). The van der Waals surface area contributed by atoms with Gasteiger partial charge in [-0.1, -0.05) is 12.2 Å². The van der Waals surface area contributed by atoms with E-state index in [0.29, 0.717) is 5.58 Å². The maximum Gasteiger partial charge on any atom is 0.137 e. The zero-order chi connectivity index (χ0) is 9.26. The molecule has 0 fully saturated rings. The molecule has 2 aromatic rings. The van der Waals surface area contributed by atoms with Gasteiger partial charge in [0, 0.05) is 5.56 Å². The number of fused-ring (bicyclic) bond motifs is 1. The minimum absolute atomic E-state index is 0.282. The molecule has 0 unspecified atom stereocenters. The van der Waals surface area contributed by atoms with Crippen LogP contribution in [0.25, 0.3) is 17.0 Å². The molecule has 1 aromatic carbocycles. The number of hydrogen-bond acceptors (Lipinski definition) is 2. The lowest BCUT2D eigenvalue weighted by molar-refractivity contribution is 0.480. The van der Waals surface area contributed by atoms with Gasteiger partial charge in [-0.15, -0.1) is 0 Å². The Balaban J connectivity index is 2.73. The van der Waals surface area contributed by atoms with Gasteiger partial charge in [0.25, 0.3) is 0 Å². The first-order valence-corrected chi connectivity index (χ1v) is 4.15. The average Bonchev–Trinajstić information content (AvgIpc) is 2.58. The van der Waals surface area contributed by atoms with Crippen molar-refractivity contribution < 1.29 is 9.52 Å². The summed E-state index contributed by atoms with van der Waals surface area (Å²) >= 11 is 0. The van der Waals surface area contributed by atoms with E-state index in [-0.39, 0.29) is 5.75 Å². The molecular weight excluding hydrogens is 164 g/mol. The smallest absolute Gasteiger partial charge is 0.137 e. The van der Waals surface area contributed by atoms with Crippen molar-refractivity contribution in [3.8, 4) is 5.75 Å². The molecule has 1 aromatic heterocycles. The molecule has 0 aliphatic rings. The Morgan fingerprint density at radius 2 is 2.15 bits per heavy atom. The summed E-state index contributed by atoms with van der Waals surface area (Å²) in [5.41, 5.74) is 1.53. The average molecular weight is 174 g/mol. The molecule has 1 heterocycles. The predicted octanol–water partition coefficient (Wildman–Crippen LogP) is 3.17. The number of phenolic OH excluding ortho intramolecular Hbond substituents is 1. The molecule has 0 saturated carbocycles. The Morgan fingerprint density at radius 3 is 2.92 bits per heavy atom. The van der Waals surface area contributed by atoms with E-state index in [9.17, 15) is 5.11 Å². The third kappa shape index (κ3) is 1.20. The summed E-state index contributed by atoms with van der Waals surface area (Å²) in [7, 11) is 0. The van der Waals surface area contributed by atoms with E-state index in [1.165, 1.54) is 0 Å². The molecule has 0 aliphatic heterocycles. The Bertz CT molecular complexity index is 452. The maximum absolute atomic E-state index is 9.76. The summed E-state index contributed by atoms with van der Waals surface area (Å²) in [6.45, 7) is 1.92. The van der Waals surface area contributed by atoms with Crippen LogP contribution in [-0.2, 0) is 0 Å². The van der Waals surface area contributed by atoms with Gasteiger partial charge in [0.15, 0.2) is 0 Å². The maximum atomic E-state index is 9.76. The molecule has 1 N–H and O–H groups in total. The molecule has 0 bridgehead atoms. The van der Waals surface area contributed by atoms with E-state index in [1.807, 2.05) is 31.2 Å². The lowest BCUT2D eigenvalue weighted by atomic mass is 10.1. The summed E-state index contributed by atoms with van der Waals surface area (Å²) in [6.07, 6.45) is 5.33. The zero-order valence-corrected chi connectivity index (χ0v) is 7.32. The van der Waals surface area contributed by atoms with Crippen molar-refractivity contribution >= 4 is 17.0 Å². The molecule has 66 valence electrons. The van der Waals surface area contributed by atoms with Gasteiger partial charge < -0.3 is 9.52 Å².